The van der Waals surface area contributed by atoms with Crippen LogP contribution in [0.5, 0.6) is 0 Å². The van der Waals surface area contributed by atoms with Crippen LogP contribution in [0.3, 0.4) is 0 Å². The molecule has 1 aromatic rings. The molecule has 14 heavy (non-hydrogen) atoms. The lowest BCUT2D eigenvalue weighted by atomic mass is 9.94. The van der Waals surface area contributed by atoms with Gasteiger partial charge in [0.05, 0.1) is 9.83 Å². The van der Waals surface area contributed by atoms with Crippen LogP contribution in [0.25, 0.3) is 0 Å². The summed E-state index contributed by atoms with van der Waals surface area (Å²) in [6.07, 6.45) is 0. The standard InChI is InChI=1S/C10H17BrN2S/c1-10(2,12)9(13(3)4)7-5-6-8(11)14-7/h5-6,9H,12H2,1-4H3. The Morgan fingerprint density at radius 1 is 1.43 bits per heavy atom. The minimum atomic E-state index is -0.228. The third-order valence-electron chi connectivity index (χ3n) is 2.08. The lowest BCUT2D eigenvalue weighted by Crippen LogP contribution is -2.45. The molecule has 1 heterocycles. The van der Waals surface area contributed by atoms with Crippen molar-refractivity contribution < 1.29 is 0 Å². The van der Waals surface area contributed by atoms with Crippen LogP contribution in [0.15, 0.2) is 15.9 Å². The summed E-state index contributed by atoms with van der Waals surface area (Å²) >= 11 is 5.22. The van der Waals surface area contributed by atoms with Gasteiger partial charge < -0.3 is 10.6 Å². The fourth-order valence-corrected chi connectivity index (χ4v) is 3.58. The molecule has 1 unspecified atom stereocenters. The van der Waals surface area contributed by atoms with Crippen LogP contribution >= 0.6 is 27.3 Å². The summed E-state index contributed by atoms with van der Waals surface area (Å²) in [5.41, 5.74) is 5.94. The molecule has 1 aromatic heterocycles. The van der Waals surface area contributed by atoms with E-state index >= 15 is 0 Å². The average molecular weight is 277 g/mol. The van der Waals surface area contributed by atoms with Crippen molar-refractivity contribution in [3.05, 3.63) is 20.8 Å². The molecule has 1 atom stereocenters. The quantitative estimate of drug-likeness (QED) is 0.920. The van der Waals surface area contributed by atoms with Crippen molar-refractivity contribution in [3.8, 4) is 0 Å². The van der Waals surface area contributed by atoms with Crippen molar-refractivity contribution in [2.24, 2.45) is 5.73 Å². The molecule has 4 heteroatoms. The second kappa shape index (κ2) is 4.31. The molecule has 2 N–H and O–H groups in total. The lowest BCUT2D eigenvalue weighted by molar-refractivity contribution is 0.208. The van der Waals surface area contributed by atoms with Crippen LogP contribution in [-0.4, -0.2) is 24.5 Å². The Bertz CT molecular complexity index is 301. The molecule has 0 spiro atoms. The number of thiophene rings is 1. The maximum Gasteiger partial charge on any atom is 0.0702 e. The molecule has 0 radical (unpaired) electrons. The normalized spacial score (nSPS) is 14.8. The molecule has 0 aromatic carbocycles. The fraction of sp³-hybridized carbons (Fsp3) is 0.600. The van der Waals surface area contributed by atoms with Gasteiger partial charge in [-0.25, -0.2) is 0 Å². The first-order valence-corrected chi connectivity index (χ1v) is 6.14. The molecule has 1 rings (SSSR count). The van der Waals surface area contributed by atoms with Gasteiger partial charge in [0.1, 0.15) is 0 Å². The van der Waals surface area contributed by atoms with Crippen LogP contribution in [-0.2, 0) is 0 Å². The van der Waals surface area contributed by atoms with Gasteiger partial charge in [-0.15, -0.1) is 11.3 Å². The van der Waals surface area contributed by atoms with Crippen LogP contribution < -0.4 is 5.73 Å². The zero-order valence-corrected chi connectivity index (χ0v) is 11.4. The predicted molar refractivity (Wildman–Crippen MR) is 66.7 cm³/mol. The molecule has 0 aliphatic heterocycles. The number of nitrogens with zero attached hydrogens (tertiary/aromatic N) is 1. The molecule has 0 aliphatic rings. The van der Waals surface area contributed by atoms with Gasteiger partial charge in [0, 0.05) is 10.4 Å². The van der Waals surface area contributed by atoms with Crippen LogP contribution in [0.2, 0.25) is 0 Å². The number of halogens is 1. The zero-order valence-electron chi connectivity index (χ0n) is 9.04. The fourth-order valence-electron chi connectivity index (χ4n) is 1.76. The summed E-state index contributed by atoms with van der Waals surface area (Å²) in [6.45, 7) is 4.12. The van der Waals surface area contributed by atoms with Crippen molar-refractivity contribution in [3.63, 3.8) is 0 Å². The number of nitrogens with two attached hydrogens (primary N) is 1. The molecule has 0 aliphatic carbocycles. The zero-order chi connectivity index (χ0) is 10.9. The highest BCUT2D eigenvalue weighted by atomic mass is 79.9. The van der Waals surface area contributed by atoms with Crippen LogP contribution in [0, 0.1) is 0 Å². The van der Waals surface area contributed by atoms with Crippen molar-refractivity contribution in [1.29, 1.82) is 0 Å². The van der Waals surface area contributed by atoms with Crippen molar-refractivity contribution in [1.82, 2.24) is 4.90 Å². The van der Waals surface area contributed by atoms with Crippen LogP contribution in [0.4, 0.5) is 0 Å². The topological polar surface area (TPSA) is 29.3 Å². The molecule has 0 saturated carbocycles. The van der Waals surface area contributed by atoms with Gasteiger partial charge in [-0.2, -0.15) is 0 Å². The Kier molecular flexibility index (Phi) is 3.75. The molecule has 0 fully saturated rings. The molecule has 2 nitrogen and oxygen atoms in total. The van der Waals surface area contributed by atoms with Gasteiger partial charge in [0.2, 0.25) is 0 Å². The number of likely N-dealkylation sites (N-methyl/N-ethyl adjacent to an activating group) is 1. The summed E-state index contributed by atoms with van der Waals surface area (Å²) in [4.78, 5) is 3.47. The van der Waals surface area contributed by atoms with E-state index in [0.717, 1.165) is 3.79 Å². The number of hydrogen-bond acceptors (Lipinski definition) is 3. The number of rotatable bonds is 3. The van der Waals surface area contributed by atoms with E-state index in [9.17, 15) is 0 Å². The van der Waals surface area contributed by atoms with Crippen molar-refractivity contribution >= 4 is 27.3 Å². The maximum absolute atomic E-state index is 6.17. The Labute approximate surface area is 98.2 Å². The van der Waals surface area contributed by atoms with E-state index in [1.54, 1.807) is 11.3 Å². The second-order valence-corrected chi connectivity index (χ2v) is 6.82. The van der Waals surface area contributed by atoms with Gasteiger partial charge in [0.15, 0.2) is 0 Å². The molecule has 0 amide bonds. The summed E-state index contributed by atoms with van der Waals surface area (Å²) in [7, 11) is 4.12. The molecule has 0 bridgehead atoms. The SMILES string of the molecule is CN(C)C(c1ccc(Br)s1)C(C)(C)N. The van der Waals surface area contributed by atoms with Gasteiger partial charge in [-0.3, -0.25) is 0 Å². The first-order valence-electron chi connectivity index (χ1n) is 4.53. The van der Waals surface area contributed by atoms with Gasteiger partial charge in [-0.05, 0) is 56.0 Å². The Hall–Kier alpha value is 0.1000. The van der Waals surface area contributed by atoms with E-state index in [-0.39, 0.29) is 11.6 Å². The van der Waals surface area contributed by atoms with Gasteiger partial charge in [-0.1, -0.05) is 0 Å². The van der Waals surface area contributed by atoms with Gasteiger partial charge in [0.25, 0.3) is 0 Å². The molecular formula is C10H17BrN2S. The number of hydrogen-bond donors (Lipinski definition) is 1. The monoisotopic (exact) mass is 276 g/mol. The smallest absolute Gasteiger partial charge is 0.0702 e. The van der Waals surface area contributed by atoms with Gasteiger partial charge >= 0.3 is 0 Å². The second-order valence-electron chi connectivity index (χ2n) is 4.33. The summed E-state index contributed by atoms with van der Waals surface area (Å²) in [5.74, 6) is 0. The van der Waals surface area contributed by atoms with E-state index in [4.69, 9.17) is 5.73 Å². The molecular weight excluding hydrogens is 260 g/mol. The third kappa shape index (κ3) is 2.79. The van der Waals surface area contributed by atoms with E-state index in [2.05, 4.69) is 60.9 Å². The molecule has 80 valence electrons. The van der Waals surface area contributed by atoms with Crippen molar-refractivity contribution in [2.45, 2.75) is 25.4 Å². The highest BCUT2D eigenvalue weighted by molar-refractivity contribution is 9.11. The largest absolute Gasteiger partial charge is 0.324 e. The minimum absolute atomic E-state index is 0.228. The summed E-state index contributed by atoms with van der Waals surface area (Å²) < 4.78 is 1.16. The highest BCUT2D eigenvalue weighted by Crippen LogP contribution is 2.34. The summed E-state index contributed by atoms with van der Waals surface area (Å²) in [6, 6.07) is 4.47. The Balaban J connectivity index is 3.01. The average Bonchev–Trinajstić information content (AvgIpc) is 2.31. The Morgan fingerprint density at radius 2 is 2.00 bits per heavy atom. The predicted octanol–water partition coefficient (Wildman–Crippen LogP) is 2.85. The highest BCUT2D eigenvalue weighted by Gasteiger charge is 2.29. The first-order chi connectivity index (χ1) is 6.32. The summed E-state index contributed by atoms with van der Waals surface area (Å²) in [5, 5.41) is 0. The van der Waals surface area contributed by atoms with Crippen molar-refractivity contribution in [2.75, 3.05) is 14.1 Å². The van der Waals surface area contributed by atoms with E-state index in [0.29, 0.717) is 0 Å². The third-order valence-corrected chi connectivity index (χ3v) is 3.76. The minimum Gasteiger partial charge on any atom is -0.324 e. The van der Waals surface area contributed by atoms with Crippen LogP contribution in [0.1, 0.15) is 24.8 Å². The first kappa shape index (κ1) is 12.2. The molecule has 0 saturated heterocycles. The Morgan fingerprint density at radius 3 is 2.29 bits per heavy atom. The van der Waals surface area contributed by atoms with E-state index < -0.39 is 0 Å². The van der Waals surface area contributed by atoms with E-state index in [1.807, 2.05) is 0 Å². The maximum atomic E-state index is 6.17. The van der Waals surface area contributed by atoms with E-state index in [1.165, 1.54) is 4.88 Å². The lowest BCUT2D eigenvalue weighted by Gasteiger charge is -2.35.